The largest absolute Gasteiger partial charge is 0.480 e. The molecule has 6 nitrogen and oxygen atoms in total. The lowest BCUT2D eigenvalue weighted by Gasteiger charge is -2.14. The minimum absolute atomic E-state index is 0.0824. The van der Waals surface area contributed by atoms with Gasteiger partial charge in [-0.25, -0.2) is 0 Å². The monoisotopic (exact) mass is 354 g/mol. The number of nitrogens with zero attached hydrogens (tertiary/aromatic N) is 2. The van der Waals surface area contributed by atoms with Crippen molar-refractivity contribution >= 4 is 17.6 Å². The van der Waals surface area contributed by atoms with Gasteiger partial charge in [0.2, 0.25) is 0 Å². The predicted molar refractivity (Wildman–Crippen MR) is 80.1 cm³/mol. The van der Waals surface area contributed by atoms with E-state index in [4.69, 9.17) is 22.0 Å². The standard InChI is InChI=1S/C15H9ClF2N2O4/c16-9-2-1-8(5-19)10(3-9)11-4-13(21)20(7-14(22)23)6-12(11)24-15(17)18/h1-4,6,15H,7H2,(H,22,23). The van der Waals surface area contributed by atoms with Crippen LogP contribution in [-0.2, 0) is 11.3 Å². The minimum Gasteiger partial charge on any atom is -0.480 e. The van der Waals surface area contributed by atoms with E-state index in [9.17, 15) is 18.4 Å². The highest BCUT2D eigenvalue weighted by molar-refractivity contribution is 6.31. The summed E-state index contributed by atoms with van der Waals surface area (Å²) in [5.74, 6) is -1.77. The molecule has 0 aliphatic rings. The number of halogens is 3. The zero-order valence-corrected chi connectivity index (χ0v) is 12.6. The van der Waals surface area contributed by atoms with Gasteiger partial charge in [0.15, 0.2) is 0 Å². The van der Waals surface area contributed by atoms with E-state index in [-0.39, 0.29) is 21.7 Å². The topological polar surface area (TPSA) is 92.3 Å². The van der Waals surface area contributed by atoms with Crippen LogP contribution < -0.4 is 10.3 Å². The van der Waals surface area contributed by atoms with E-state index in [0.717, 1.165) is 12.3 Å². The van der Waals surface area contributed by atoms with Gasteiger partial charge in [-0.05, 0) is 18.2 Å². The molecule has 1 aromatic heterocycles. The van der Waals surface area contributed by atoms with Crippen LogP contribution in [0, 0.1) is 11.3 Å². The Hall–Kier alpha value is -2.92. The zero-order valence-electron chi connectivity index (χ0n) is 11.9. The van der Waals surface area contributed by atoms with Crippen LogP contribution in [0.1, 0.15) is 5.56 Å². The molecular formula is C15H9ClF2N2O4. The van der Waals surface area contributed by atoms with Crippen molar-refractivity contribution in [2.75, 3.05) is 0 Å². The Morgan fingerprint density at radius 3 is 2.67 bits per heavy atom. The molecule has 2 rings (SSSR count). The Labute approximate surface area is 139 Å². The van der Waals surface area contributed by atoms with Crippen LogP contribution in [0.3, 0.4) is 0 Å². The van der Waals surface area contributed by atoms with Gasteiger partial charge in [0, 0.05) is 22.2 Å². The number of aromatic nitrogens is 1. The van der Waals surface area contributed by atoms with E-state index in [0.29, 0.717) is 4.57 Å². The summed E-state index contributed by atoms with van der Waals surface area (Å²) in [6, 6.07) is 6.92. The molecule has 0 bridgehead atoms. The molecule has 0 aliphatic heterocycles. The van der Waals surface area contributed by atoms with E-state index < -0.39 is 30.4 Å². The Balaban J connectivity index is 2.71. The Morgan fingerprint density at radius 2 is 2.08 bits per heavy atom. The number of hydrogen-bond donors (Lipinski definition) is 1. The summed E-state index contributed by atoms with van der Waals surface area (Å²) in [6.45, 7) is -3.93. The SMILES string of the molecule is N#Cc1ccc(Cl)cc1-c1cc(=O)n(CC(=O)O)cc1OC(F)F. The lowest BCUT2D eigenvalue weighted by atomic mass is 10.0. The van der Waals surface area contributed by atoms with Gasteiger partial charge in [0.05, 0.1) is 17.8 Å². The molecule has 0 spiro atoms. The lowest BCUT2D eigenvalue weighted by Crippen LogP contribution is -2.24. The maximum absolute atomic E-state index is 12.7. The summed E-state index contributed by atoms with van der Waals surface area (Å²) in [5, 5.41) is 18.1. The molecule has 1 heterocycles. The quantitative estimate of drug-likeness (QED) is 0.891. The molecule has 9 heteroatoms. The van der Waals surface area contributed by atoms with Crippen molar-refractivity contribution < 1.29 is 23.4 Å². The van der Waals surface area contributed by atoms with Crippen LogP contribution in [0.25, 0.3) is 11.1 Å². The highest BCUT2D eigenvalue weighted by atomic mass is 35.5. The third-order valence-electron chi connectivity index (χ3n) is 3.00. The second-order valence-corrected chi connectivity index (χ2v) is 5.03. The lowest BCUT2D eigenvalue weighted by molar-refractivity contribution is -0.137. The van der Waals surface area contributed by atoms with Crippen LogP contribution in [0.5, 0.6) is 5.75 Å². The fraction of sp³-hybridized carbons (Fsp3) is 0.133. The van der Waals surface area contributed by atoms with Gasteiger partial charge in [0.25, 0.3) is 5.56 Å². The maximum Gasteiger partial charge on any atom is 0.387 e. The molecule has 24 heavy (non-hydrogen) atoms. The van der Waals surface area contributed by atoms with Crippen molar-refractivity contribution in [2.45, 2.75) is 13.2 Å². The third kappa shape index (κ3) is 3.88. The van der Waals surface area contributed by atoms with Gasteiger partial charge >= 0.3 is 12.6 Å². The molecule has 2 aromatic rings. The van der Waals surface area contributed by atoms with E-state index in [1.807, 2.05) is 6.07 Å². The van der Waals surface area contributed by atoms with Crippen molar-refractivity contribution in [3.8, 4) is 22.9 Å². The van der Waals surface area contributed by atoms with Crippen LogP contribution in [0.2, 0.25) is 5.02 Å². The van der Waals surface area contributed by atoms with Crippen molar-refractivity contribution in [3.05, 3.63) is 51.4 Å². The van der Waals surface area contributed by atoms with E-state index >= 15 is 0 Å². The fourth-order valence-electron chi connectivity index (χ4n) is 2.06. The summed E-state index contributed by atoms with van der Waals surface area (Å²) in [7, 11) is 0. The number of alkyl halides is 2. The molecule has 1 aromatic carbocycles. The normalized spacial score (nSPS) is 10.5. The molecule has 1 N–H and O–H groups in total. The predicted octanol–water partition coefficient (Wildman–Crippen LogP) is 2.73. The molecule has 0 fully saturated rings. The van der Waals surface area contributed by atoms with Gasteiger partial charge in [-0.15, -0.1) is 0 Å². The highest BCUT2D eigenvalue weighted by Gasteiger charge is 2.18. The van der Waals surface area contributed by atoms with Crippen molar-refractivity contribution in [1.29, 1.82) is 5.26 Å². The average Bonchev–Trinajstić information content (AvgIpc) is 2.49. The smallest absolute Gasteiger partial charge is 0.387 e. The van der Waals surface area contributed by atoms with Gasteiger partial charge in [-0.1, -0.05) is 11.6 Å². The Kier molecular flexibility index (Phi) is 5.16. The highest BCUT2D eigenvalue weighted by Crippen LogP contribution is 2.33. The number of carboxylic acid groups (broad SMARTS) is 1. The Morgan fingerprint density at radius 1 is 1.38 bits per heavy atom. The second kappa shape index (κ2) is 7.10. The number of aliphatic carboxylic acids is 1. The molecule has 0 unspecified atom stereocenters. The number of rotatable bonds is 5. The third-order valence-corrected chi connectivity index (χ3v) is 3.24. The number of pyridine rings is 1. The number of carbonyl (C=O) groups is 1. The number of ether oxygens (including phenoxy) is 1. The molecule has 124 valence electrons. The van der Waals surface area contributed by atoms with Crippen LogP contribution in [0.15, 0.2) is 35.3 Å². The fourth-order valence-corrected chi connectivity index (χ4v) is 2.23. The first kappa shape index (κ1) is 17.4. The maximum atomic E-state index is 12.7. The first-order chi connectivity index (χ1) is 11.3. The first-order valence-corrected chi connectivity index (χ1v) is 6.80. The van der Waals surface area contributed by atoms with Gasteiger partial charge in [-0.3, -0.25) is 9.59 Å². The van der Waals surface area contributed by atoms with E-state index in [1.54, 1.807) is 0 Å². The van der Waals surface area contributed by atoms with Gasteiger partial charge in [0.1, 0.15) is 12.3 Å². The van der Waals surface area contributed by atoms with Crippen molar-refractivity contribution in [2.24, 2.45) is 0 Å². The van der Waals surface area contributed by atoms with Crippen LogP contribution in [-0.4, -0.2) is 22.3 Å². The molecular weight excluding hydrogens is 346 g/mol. The van der Waals surface area contributed by atoms with Crippen molar-refractivity contribution in [3.63, 3.8) is 0 Å². The summed E-state index contributed by atoms with van der Waals surface area (Å²) >= 11 is 5.86. The van der Waals surface area contributed by atoms with Gasteiger partial charge < -0.3 is 14.4 Å². The molecule has 0 aliphatic carbocycles. The summed E-state index contributed by atoms with van der Waals surface area (Å²) < 4.78 is 30.4. The second-order valence-electron chi connectivity index (χ2n) is 4.59. The number of carboxylic acids is 1. The number of nitriles is 1. The Bertz CT molecular complexity index is 890. The van der Waals surface area contributed by atoms with Crippen molar-refractivity contribution in [1.82, 2.24) is 4.57 Å². The summed E-state index contributed by atoms with van der Waals surface area (Å²) in [4.78, 5) is 22.8. The average molecular weight is 355 g/mol. The summed E-state index contributed by atoms with van der Waals surface area (Å²) in [6.07, 6.45) is 0.861. The first-order valence-electron chi connectivity index (χ1n) is 6.43. The molecule has 0 saturated heterocycles. The number of hydrogen-bond acceptors (Lipinski definition) is 4. The number of benzene rings is 1. The summed E-state index contributed by atoms with van der Waals surface area (Å²) in [5.41, 5.74) is -0.618. The molecule has 0 radical (unpaired) electrons. The van der Waals surface area contributed by atoms with Gasteiger partial charge in [-0.2, -0.15) is 14.0 Å². The van der Waals surface area contributed by atoms with Crippen LogP contribution in [0.4, 0.5) is 8.78 Å². The van der Waals surface area contributed by atoms with Crippen LogP contribution >= 0.6 is 11.6 Å². The molecule has 0 amide bonds. The zero-order chi connectivity index (χ0) is 17.9. The molecule has 0 saturated carbocycles. The van der Waals surface area contributed by atoms with E-state index in [2.05, 4.69) is 4.74 Å². The molecule has 0 atom stereocenters. The van der Waals surface area contributed by atoms with E-state index in [1.165, 1.54) is 18.2 Å². The minimum atomic E-state index is -3.20.